The second-order valence-corrected chi connectivity index (χ2v) is 5.01. The minimum absolute atomic E-state index is 0.0620. The summed E-state index contributed by atoms with van der Waals surface area (Å²) in [6.45, 7) is 9.23. The van der Waals surface area contributed by atoms with Crippen molar-refractivity contribution in [3.05, 3.63) is 29.8 Å². The van der Waals surface area contributed by atoms with Gasteiger partial charge in [-0.2, -0.15) is 0 Å². The lowest BCUT2D eigenvalue weighted by atomic mass is 10.1. The van der Waals surface area contributed by atoms with E-state index in [-0.39, 0.29) is 18.6 Å². The number of hydrogen-bond donors (Lipinski definition) is 2. The molecule has 2 N–H and O–H groups in total. The van der Waals surface area contributed by atoms with Crippen molar-refractivity contribution in [1.29, 1.82) is 0 Å². The van der Waals surface area contributed by atoms with Crippen LogP contribution in [0.15, 0.2) is 24.3 Å². The Morgan fingerprint density at radius 3 is 2.40 bits per heavy atom. The molecule has 1 aromatic carbocycles. The number of carbonyl (C=O) groups excluding carboxylic acids is 1. The lowest BCUT2D eigenvalue weighted by Gasteiger charge is -2.14. The summed E-state index contributed by atoms with van der Waals surface area (Å²) in [6, 6.07) is 8.36. The number of carbonyl (C=O) groups is 1. The lowest BCUT2D eigenvalue weighted by Crippen LogP contribution is -2.35. The van der Waals surface area contributed by atoms with Gasteiger partial charge in [-0.15, -0.1) is 0 Å². The summed E-state index contributed by atoms with van der Waals surface area (Å²) in [7, 11) is 0. The molecule has 4 heteroatoms. The highest BCUT2D eigenvalue weighted by Crippen LogP contribution is 2.17. The molecule has 0 aliphatic rings. The van der Waals surface area contributed by atoms with Gasteiger partial charge in [0.05, 0.1) is 0 Å². The highest BCUT2D eigenvalue weighted by molar-refractivity contribution is 5.77. The molecule has 0 aliphatic carbocycles. The van der Waals surface area contributed by atoms with Gasteiger partial charge in [-0.3, -0.25) is 4.79 Å². The van der Waals surface area contributed by atoms with Crippen LogP contribution in [-0.2, 0) is 4.79 Å². The van der Waals surface area contributed by atoms with Crippen LogP contribution in [0.3, 0.4) is 0 Å². The molecule has 1 rings (SSSR count). The molecule has 0 spiro atoms. The molecule has 0 aromatic heterocycles. The molecule has 0 saturated carbocycles. The van der Waals surface area contributed by atoms with Crippen LogP contribution in [0.1, 0.15) is 45.7 Å². The first-order valence-electron chi connectivity index (χ1n) is 7.32. The smallest absolute Gasteiger partial charge is 0.258 e. The predicted molar refractivity (Wildman–Crippen MR) is 81.9 cm³/mol. The van der Waals surface area contributed by atoms with Gasteiger partial charge in [0, 0.05) is 12.1 Å². The molecule has 0 aliphatic heterocycles. The zero-order chi connectivity index (χ0) is 15.0. The molecule has 0 bridgehead atoms. The molecular weight excluding hydrogens is 252 g/mol. The predicted octanol–water partition coefficient (Wildman–Crippen LogP) is 2.65. The number of amides is 1. The van der Waals surface area contributed by atoms with E-state index >= 15 is 0 Å². The van der Waals surface area contributed by atoms with Gasteiger partial charge >= 0.3 is 0 Å². The van der Waals surface area contributed by atoms with E-state index in [2.05, 4.69) is 24.5 Å². The van der Waals surface area contributed by atoms with E-state index in [1.165, 1.54) is 5.56 Å². The average molecular weight is 278 g/mol. The summed E-state index contributed by atoms with van der Waals surface area (Å²) in [4.78, 5) is 11.6. The first-order chi connectivity index (χ1) is 9.56. The van der Waals surface area contributed by atoms with Crippen LogP contribution < -0.4 is 15.4 Å². The van der Waals surface area contributed by atoms with Crippen LogP contribution >= 0.6 is 0 Å². The maximum atomic E-state index is 11.6. The van der Waals surface area contributed by atoms with Gasteiger partial charge in [0.2, 0.25) is 0 Å². The normalized spacial score (nSPS) is 13.6. The van der Waals surface area contributed by atoms with Crippen LogP contribution in [-0.4, -0.2) is 25.1 Å². The number of benzene rings is 1. The van der Waals surface area contributed by atoms with Crippen molar-refractivity contribution in [2.45, 2.75) is 46.2 Å². The first-order valence-corrected chi connectivity index (χ1v) is 7.32. The Morgan fingerprint density at radius 2 is 1.85 bits per heavy atom. The molecule has 2 atom stereocenters. The fraction of sp³-hybridized carbons (Fsp3) is 0.562. The molecule has 0 radical (unpaired) electrons. The van der Waals surface area contributed by atoms with Crippen molar-refractivity contribution >= 4 is 5.91 Å². The van der Waals surface area contributed by atoms with Crippen molar-refractivity contribution < 1.29 is 9.53 Å². The highest BCUT2D eigenvalue weighted by Gasteiger charge is 2.07. The monoisotopic (exact) mass is 278 g/mol. The molecule has 4 nitrogen and oxygen atoms in total. The summed E-state index contributed by atoms with van der Waals surface area (Å²) in [5.74, 6) is 0.640. The first kappa shape index (κ1) is 16.5. The van der Waals surface area contributed by atoms with Crippen LogP contribution in [0.5, 0.6) is 5.75 Å². The van der Waals surface area contributed by atoms with Gasteiger partial charge in [-0.1, -0.05) is 26.0 Å². The fourth-order valence-electron chi connectivity index (χ4n) is 1.84. The lowest BCUT2D eigenvalue weighted by molar-refractivity contribution is -0.123. The Balaban J connectivity index is 2.43. The SMILES string of the molecule is CCNC(C)c1ccc(OCC(=O)NC(C)CC)cc1. The van der Waals surface area contributed by atoms with Crippen LogP contribution in [0.25, 0.3) is 0 Å². The summed E-state index contributed by atoms with van der Waals surface area (Å²) in [5.41, 5.74) is 1.21. The molecule has 0 heterocycles. The Hall–Kier alpha value is -1.55. The van der Waals surface area contributed by atoms with E-state index in [1.54, 1.807) is 0 Å². The van der Waals surface area contributed by atoms with E-state index in [1.807, 2.05) is 38.1 Å². The van der Waals surface area contributed by atoms with Gasteiger partial charge in [-0.25, -0.2) is 0 Å². The fourth-order valence-corrected chi connectivity index (χ4v) is 1.84. The Morgan fingerprint density at radius 1 is 1.20 bits per heavy atom. The minimum Gasteiger partial charge on any atom is -0.484 e. The number of rotatable bonds is 8. The summed E-state index contributed by atoms with van der Waals surface area (Å²) < 4.78 is 5.48. The molecule has 2 unspecified atom stereocenters. The molecule has 112 valence electrons. The van der Waals surface area contributed by atoms with E-state index < -0.39 is 0 Å². The molecular formula is C16H26N2O2. The molecule has 1 amide bonds. The number of nitrogens with one attached hydrogen (secondary N) is 2. The standard InChI is InChI=1S/C16H26N2O2/c1-5-12(3)18-16(19)11-20-15-9-7-14(8-10-15)13(4)17-6-2/h7-10,12-13,17H,5-6,11H2,1-4H3,(H,18,19). The van der Waals surface area contributed by atoms with E-state index in [0.29, 0.717) is 6.04 Å². The number of ether oxygens (including phenoxy) is 1. The molecule has 0 saturated heterocycles. The highest BCUT2D eigenvalue weighted by atomic mass is 16.5. The third-order valence-corrected chi connectivity index (χ3v) is 3.28. The van der Waals surface area contributed by atoms with Crippen molar-refractivity contribution in [1.82, 2.24) is 10.6 Å². The van der Waals surface area contributed by atoms with Crippen LogP contribution in [0.2, 0.25) is 0 Å². The summed E-state index contributed by atoms with van der Waals surface area (Å²) in [6.07, 6.45) is 0.919. The quantitative estimate of drug-likeness (QED) is 0.768. The third-order valence-electron chi connectivity index (χ3n) is 3.28. The zero-order valence-corrected chi connectivity index (χ0v) is 12.9. The number of hydrogen-bond acceptors (Lipinski definition) is 3. The van der Waals surface area contributed by atoms with Crippen LogP contribution in [0, 0.1) is 0 Å². The zero-order valence-electron chi connectivity index (χ0n) is 12.9. The van der Waals surface area contributed by atoms with E-state index in [9.17, 15) is 4.79 Å². The summed E-state index contributed by atoms with van der Waals surface area (Å²) in [5, 5.41) is 6.23. The van der Waals surface area contributed by atoms with Crippen molar-refractivity contribution in [2.24, 2.45) is 0 Å². The summed E-state index contributed by atoms with van der Waals surface area (Å²) >= 11 is 0. The third kappa shape index (κ3) is 5.61. The van der Waals surface area contributed by atoms with Gasteiger partial charge in [0.1, 0.15) is 5.75 Å². The maximum absolute atomic E-state index is 11.6. The molecule has 1 aromatic rings. The largest absolute Gasteiger partial charge is 0.484 e. The minimum atomic E-state index is -0.0792. The second kappa shape index (κ2) is 8.59. The Labute approximate surface area is 121 Å². The van der Waals surface area contributed by atoms with Gasteiger partial charge in [-0.05, 0) is 44.5 Å². The Bertz CT molecular complexity index is 403. The topological polar surface area (TPSA) is 50.4 Å². The molecule has 20 heavy (non-hydrogen) atoms. The van der Waals surface area contributed by atoms with E-state index in [4.69, 9.17) is 4.74 Å². The second-order valence-electron chi connectivity index (χ2n) is 5.01. The van der Waals surface area contributed by atoms with Crippen molar-refractivity contribution in [3.8, 4) is 5.75 Å². The van der Waals surface area contributed by atoms with E-state index in [0.717, 1.165) is 18.7 Å². The average Bonchev–Trinajstić information content (AvgIpc) is 2.45. The van der Waals surface area contributed by atoms with Gasteiger partial charge in [0.15, 0.2) is 6.61 Å². The molecule has 0 fully saturated rings. The van der Waals surface area contributed by atoms with Crippen molar-refractivity contribution in [2.75, 3.05) is 13.2 Å². The van der Waals surface area contributed by atoms with Gasteiger partial charge in [0.25, 0.3) is 5.91 Å². The Kier molecular flexibility index (Phi) is 7.09. The van der Waals surface area contributed by atoms with Crippen molar-refractivity contribution in [3.63, 3.8) is 0 Å². The van der Waals surface area contributed by atoms with Gasteiger partial charge < -0.3 is 15.4 Å². The maximum Gasteiger partial charge on any atom is 0.258 e. The van der Waals surface area contributed by atoms with Crippen LogP contribution in [0.4, 0.5) is 0 Å².